The fourth-order valence-corrected chi connectivity index (χ4v) is 8.13. The lowest BCUT2D eigenvalue weighted by molar-refractivity contribution is -0.148. The molecule has 0 saturated carbocycles. The molecule has 1 saturated heterocycles. The van der Waals surface area contributed by atoms with Crippen molar-refractivity contribution in [3.63, 3.8) is 0 Å². The topological polar surface area (TPSA) is 183 Å². The number of carbonyl (C=O) groups excluding carboxylic acids is 4. The van der Waals surface area contributed by atoms with Gasteiger partial charge in [-0.2, -0.15) is 5.21 Å². The maximum absolute atomic E-state index is 14.2. The normalized spacial score (nSPS) is 19.1. The summed E-state index contributed by atoms with van der Waals surface area (Å²) in [6, 6.07) is 8.02. The third kappa shape index (κ3) is 11.4. The molecule has 1 aliphatic heterocycles. The molecule has 1 unspecified atom stereocenters. The summed E-state index contributed by atoms with van der Waals surface area (Å²) in [6.07, 6.45) is 2.11. The van der Waals surface area contributed by atoms with E-state index in [4.69, 9.17) is 4.74 Å². The maximum Gasteiger partial charge on any atom is 0.226 e. The number of ketones is 1. The molecule has 0 aliphatic carbocycles. The molecule has 14 heteroatoms. The molecule has 1 aromatic carbocycles. The van der Waals surface area contributed by atoms with Crippen molar-refractivity contribution in [2.45, 2.75) is 117 Å². The predicted octanol–water partition coefficient (Wildman–Crippen LogP) is 3.59. The lowest BCUT2D eigenvalue weighted by Gasteiger charge is -2.41. The number of likely N-dealkylation sites (tertiary alicyclic amines) is 1. The zero-order chi connectivity index (χ0) is 40.1. The minimum absolute atomic E-state index is 0.00717. The number of carbonyl (C=O) groups is 4. The van der Waals surface area contributed by atoms with Crippen LogP contribution >= 0.6 is 0 Å². The quantitative estimate of drug-likeness (QED) is 0.139. The van der Waals surface area contributed by atoms with E-state index in [-0.39, 0.29) is 72.8 Å². The Hall–Kier alpha value is -3.75. The monoisotopic (exact) mass is 755 g/mol. The average molecular weight is 755 g/mol. The molecule has 3 rings (SSSR count). The summed E-state index contributed by atoms with van der Waals surface area (Å²) >= 11 is 0. The molecule has 9 atom stereocenters. The maximum atomic E-state index is 14.2. The molecule has 14 nitrogen and oxygen atoms in total. The van der Waals surface area contributed by atoms with Crippen molar-refractivity contribution in [1.82, 2.24) is 41.1 Å². The molecule has 1 aromatic heterocycles. The van der Waals surface area contributed by atoms with Gasteiger partial charge in [0, 0.05) is 63.9 Å². The first-order valence-corrected chi connectivity index (χ1v) is 19.7. The summed E-state index contributed by atoms with van der Waals surface area (Å²) in [5.74, 6) is -1.88. The molecule has 0 bridgehead atoms. The Morgan fingerprint density at radius 2 is 1.74 bits per heavy atom. The number of benzene rings is 1. The van der Waals surface area contributed by atoms with E-state index in [9.17, 15) is 24.3 Å². The van der Waals surface area contributed by atoms with Crippen LogP contribution in [-0.2, 0) is 30.3 Å². The van der Waals surface area contributed by atoms with Crippen LogP contribution in [-0.4, -0.2) is 118 Å². The molecule has 302 valence electrons. The summed E-state index contributed by atoms with van der Waals surface area (Å²) in [7, 11) is 5.09. The molecular weight excluding hydrogens is 688 g/mol. The second-order valence-corrected chi connectivity index (χ2v) is 15.8. The number of aliphatic hydroxyl groups is 1. The zero-order valence-electron chi connectivity index (χ0n) is 34.1. The SMILES string of the molecule is CC[C@H](C)[C@@H]([C@@H](CC(=O)N1CCC[C@H]1[C@H](CO)[C@@H](C)C(=O)N[C@@H](Cc1ccccc1)c1nn[nH]n1)OC)N(C)C(=O)[C@@H](CC(=O)C(NC)C(C)C)C(C)C. The number of amides is 3. The van der Waals surface area contributed by atoms with Crippen molar-refractivity contribution in [2.24, 2.45) is 35.5 Å². The molecule has 2 aromatic rings. The molecule has 1 aliphatic rings. The zero-order valence-corrected chi connectivity index (χ0v) is 34.1. The highest BCUT2D eigenvalue weighted by Crippen LogP contribution is 2.32. The van der Waals surface area contributed by atoms with E-state index in [1.54, 1.807) is 37.9 Å². The summed E-state index contributed by atoms with van der Waals surface area (Å²) in [5, 5.41) is 31.3. The number of H-pyrrole nitrogens is 1. The number of rotatable bonds is 22. The number of aromatic amines is 1. The van der Waals surface area contributed by atoms with Gasteiger partial charge in [0.15, 0.2) is 11.6 Å². The van der Waals surface area contributed by atoms with Crippen LogP contribution in [0.15, 0.2) is 30.3 Å². The number of nitrogens with zero attached hydrogens (tertiary/aromatic N) is 5. The lowest BCUT2D eigenvalue weighted by Crippen LogP contribution is -2.54. The van der Waals surface area contributed by atoms with Gasteiger partial charge in [-0.3, -0.25) is 19.2 Å². The van der Waals surface area contributed by atoms with Gasteiger partial charge in [0.05, 0.1) is 30.7 Å². The summed E-state index contributed by atoms with van der Waals surface area (Å²) in [4.78, 5) is 59.1. The smallest absolute Gasteiger partial charge is 0.226 e. The number of Topliss-reactive ketones (excluding diaryl/α,β-unsaturated/α-hetero) is 1. The summed E-state index contributed by atoms with van der Waals surface area (Å²) in [5.41, 5.74) is 0.990. The Balaban J connectivity index is 1.78. The Morgan fingerprint density at radius 3 is 2.28 bits per heavy atom. The number of likely N-dealkylation sites (N-methyl/N-ethyl adjacent to an activating group) is 2. The molecule has 0 spiro atoms. The third-order valence-corrected chi connectivity index (χ3v) is 11.6. The van der Waals surface area contributed by atoms with Crippen LogP contribution < -0.4 is 10.6 Å². The van der Waals surface area contributed by atoms with E-state index in [0.717, 1.165) is 18.4 Å². The first-order chi connectivity index (χ1) is 25.7. The minimum atomic E-state index is -0.637. The molecule has 54 heavy (non-hydrogen) atoms. The van der Waals surface area contributed by atoms with Crippen molar-refractivity contribution in [1.29, 1.82) is 0 Å². The highest BCUT2D eigenvalue weighted by atomic mass is 16.5. The van der Waals surface area contributed by atoms with Gasteiger partial charge in [-0.15, -0.1) is 10.2 Å². The number of nitrogens with one attached hydrogen (secondary N) is 3. The molecule has 3 amide bonds. The number of tetrazole rings is 1. The number of hydrogen-bond donors (Lipinski definition) is 4. The number of aromatic nitrogens is 4. The lowest BCUT2D eigenvalue weighted by atomic mass is 9.83. The van der Waals surface area contributed by atoms with Crippen LogP contribution in [0.2, 0.25) is 0 Å². The minimum Gasteiger partial charge on any atom is -0.396 e. The van der Waals surface area contributed by atoms with Gasteiger partial charge < -0.3 is 30.3 Å². The highest BCUT2D eigenvalue weighted by Gasteiger charge is 2.43. The number of hydrogen-bond acceptors (Lipinski definition) is 10. The van der Waals surface area contributed by atoms with Gasteiger partial charge in [0.1, 0.15) is 0 Å². The fraction of sp³-hybridized carbons (Fsp3) is 0.725. The van der Waals surface area contributed by atoms with Crippen LogP contribution in [0.25, 0.3) is 0 Å². The Morgan fingerprint density at radius 1 is 1.06 bits per heavy atom. The Kier molecular flexibility index (Phi) is 17.7. The van der Waals surface area contributed by atoms with Crippen LogP contribution in [0.4, 0.5) is 0 Å². The van der Waals surface area contributed by atoms with E-state index in [2.05, 4.69) is 38.2 Å². The molecule has 2 heterocycles. The van der Waals surface area contributed by atoms with Gasteiger partial charge in [-0.05, 0) is 43.2 Å². The van der Waals surface area contributed by atoms with Crippen molar-refractivity contribution < 1.29 is 29.0 Å². The second kappa shape index (κ2) is 21.4. The van der Waals surface area contributed by atoms with Crippen LogP contribution in [0.1, 0.15) is 98.0 Å². The Labute approximate surface area is 321 Å². The third-order valence-electron chi connectivity index (χ3n) is 11.6. The van der Waals surface area contributed by atoms with E-state index in [1.807, 2.05) is 65.0 Å². The van der Waals surface area contributed by atoms with E-state index >= 15 is 0 Å². The largest absolute Gasteiger partial charge is 0.396 e. The van der Waals surface area contributed by atoms with E-state index in [1.165, 1.54) is 0 Å². The van der Waals surface area contributed by atoms with E-state index in [0.29, 0.717) is 25.2 Å². The van der Waals surface area contributed by atoms with Crippen LogP contribution in [0.5, 0.6) is 0 Å². The van der Waals surface area contributed by atoms with Crippen molar-refractivity contribution >= 4 is 23.5 Å². The van der Waals surface area contributed by atoms with E-state index < -0.39 is 35.9 Å². The standard InChI is InChI=1S/C40H66N8O6/c1-11-26(6)37(47(9)40(53)29(24(2)3)21-33(50)36(41-8)25(4)5)34(54-10)22-35(51)48-19-15-18-32(48)30(23-49)27(7)39(52)42-31(38-43-45-46-44-38)20-28-16-13-12-14-17-28/h12-14,16-17,24-27,29-32,34,36-37,41,49H,11,15,18-23H2,1-10H3,(H,42,52)(H,43,44,45,46)/t26-,27+,29-,30+,31-,32-,34+,36?,37-/m0/s1. The van der Waals surface area contributed by atoms with Crippen LogP contribution in [0.3, 0.4) is 0 Å². The van der Waals surface area contributed by atoms with Crippen molar-refractivity contribution in [3.8, 4) is 0 Å². The summed E-state index contributed by atoms with van der Waals surface area (Å²) < 4.78 is 6.03. The fourth-order valence-electron chi connectivity index (χ4n) is 8.13. The second-order valence-electron chi connectivity index (χ2n) is 15.8. The number of ether oxygens (including phenoxy) is 1. The predicted molar refractivity (Wildman–Crippen MR) is 207 cm³/mol. The van der Waals surface area contributed by atoms with Gasteiger partial charge in [-0.25, -0.2) is 0 Å². The molecule has 1 fully saturated rings. The van der Waals surface area contributed by atoms with Gasteiger partial charge in [-0.1, -0.05) is 90.4 Å². The summed E-state index contributed by atoms with van der Waals surface area (Å²) in [6.45, 7) is 14.0. The van der Waals surface area contributed by atoms with Crippen molar-refractivity contribution in [3.05, 3.63) is 41.7 Å². The van der Waals surface area contributed by atoms with Gasteiger partial charge in [0.25, 0.3) is 0 Å². The highest BCUT2D eigenvalue weighted by molar-refractivity contribution is 5.90. The van der Waals surface area contributed by atoms with Gasteiger partial charge in [0.2, 0.25) is 17.7 Å². The Bertz CT molecular complexity index is 1460. The first kappa shape index (κ1) is 44.6. The van der Waals surface area contributed by atoms with Gasteiger partial charge >= 0.3 is 0 Å². The van der Waals surface area contributed by atoms with Crippen LogP contribution in [0, 0.1) is 35.5 Å². The van der Waals surface area contributed by atoms with Crippen molar-refractivity contribution in [2.75, 3.05) is 34.4 Å². The average Bonchev–Trinajstić information content (AvgIpc) is 3.87. The molecular formula is C40H66N8O6. The molecule has 0 radical (unpaired) electrons. The molecule has 4 N–H and O–H groups in total. The number of methoxy groups -OCH3 is 1. The number of aliphatic hydroxyl groups excluding tert-OH is 1. The first-order valence-electron chi connectivity index (χ1n) is 19.7.